The molecule has 0 unspecified atom stereocenters. The van der Waals surface area contributed by atoms with Crippen LogP contribution in [0.25, 0.3) is 10.9 Å². The molecule has 0 atom stereocenters. The first-order chi connectivity index (χ1) is 16.0. The predicted octanol–water partition coefficient (Wildman–Crippen LogP) is 4.99. The Labute approximate surface area is 189 Å². The summed E-state index contributed by atoms with van der Waals surface area (Å²) in [5.41, 5.74) is 1.74. The number of aromatic carboxylic acids is 1. The number of carboxylic acids is 1. The summed E-state index contributed by atoms with van der Waals surface area (Å²) >= 11 is 0. The highest BCUT2D eigenvalue weighted by molar-refractivity contribution is 6.04. The van der Waals surface area contributed by atoms with Gasteiger partial charge in [0.1, 0.15) is 11.5 Å². The van der Waals surface area contributed by atoms with Crippen LogP contribution in [0.3, 0.4) is 0 Å². The third kappa shape index (κ3) is 4.69. The zero-order valence-electron chi connectivity index (χ0n) is 17.9. The van der Waals surface area contributed by atoms with Gasteiger partial charge in [-0.15, -0.1) is 0 Å². The average molecular weight is 444 g/mol. The Morgan fingerprint density at radius 1 is 0.818 bits per heavy atom. The van der Waals surface area contributed by atoms with Gasteiger partial charge >= 0.3 is 5.97 Å². The number of benzene rings is 3. The number of hydrogen-bond donors (Lipinski definition) is 2. The van der Waals surface area contributed by atoms with Gasteiger partial charge in [0, 0.05) is 28.9 Å². The van der Waals surface area contributed by atoms with Gasteiger partial charge in [0.2, 0.25) is 0 Å². The van der Waals surface area contributed by atoms with Crippen LogP contribution in [0.1, 0.15) is 20.7 Å². The second-order valence-corrected chi connectivity index (χ2v) is 7.00. The topological polar surface area (TPSA) is 107 Å². The van der Waals surface area contributed by atoms with Gasteiger partial charge < -0.3 is 24.6 Å². The van der Waals surface area contributed by atoms with Crippen molar-refractivity contribution in [3.63, 3.8) is 0 Å². The number of amides is 1. The number of nitrogens with one attached hydrogen (secondary N) is 1. The zero-order valence-corrected chi connectivity index (χ0v) is 17.9. The quantitative estimate of drug-likeness (QED) is 0.413. The zero-order chi connectivity index (χ0) is 23.4. The van der Waals surface area contributed by atoms with Crippen molar-refractivity contribution in [2.75, 3.05) is 19.5 Å². The molecule has 8 heteroatoms. The van der Waals surface area contributed by atoms with Gasteiger partial charge in [-0.3, -0.25) is 9.78 Å². The maximum absolute atomic E-state index is 12.4. The van der Waals surface area contributed by atoms with Gasteiger partial charge in [-0.2, -0.15) is 0 Å². The molecule has 1 heterocycles. The van der Waals surface area contributed by atoms with Crippen molar-refractivity contribution in [2.45, 2.75) is 0 Å². The molecule has 0 spiro atoms. The molecule has 3 aromatic carbocycles. The summed E-state index contributed by atoms with van der Waals surface area (Å²) < 4.78 is 16.7. The van der Waals surface area contributed by atoms with E-state index in [0.29, 0.717) is 39.8 Å². The number of methoxy groups -OCH3 is 2. The van der Waals surface area contributed by atoms with E-state index >= 15 is 0 Å². The fourth-order valence-corrected chi connectivity index (χ4v) is 3.24. The lowest BCUT2D eigenvalue weighted by Gasteiger charge is -2.12. The van der Waals surface area contributed by atoms with Crippen molar-refractivity contribution >= 4 is 28.5 Å². The molecule has 8 nitrogen and oxygen atoms in total. The molecular weight excluding hydrogens is 424 g/mol. The molecule has 0 radical (unpaired) electrons. The van der Waals surface area contributed by atoms with Crippen LogP contribution in [0, 0.1) is 0 Å². The number of pyridine rings is 1. The van der Waals surface area contributed by atoms with Crippen molar-refractivity contribution in [2.24, 2.45) is 0 Å². The smallest absolute Gasteiger partial charge is 0.335 e. The van der Waals surface area contributed by atoms with E-state index in [4.69, 9.17) is 19.3 Å². The van der Waals surface area contributed by atoms with E-state index in [0.717, 1.165) is 5.39 Å². The van der Waals surface area contributed by atoms with E-state index < -0.39 is 5.97 Å². The number of aromatic nitrogens is 1. The minimum atomic E-state index is -1.04. The second kappa shape index (κ2) is 9.27. The molecule has 1 aromatic heterocycles. The van der Waals surface area contributed by atoms with Crippen LogP contribution in [0.2, 0.25) is 0 Å². The van der Waals surface area contributed by atoms with Crippen molar-refractivity contribution in [1.29, 1.82) is 0 Å². The Morgan fingerprint density at radius 2 is 1.45 bits per heavy atom. The molecule has 0 saturated carbocycles. The standard InChI is InChI=1S/C25H20N2O6/c1-31-22-13-19-20(14-23(22)32-2)26-12-11-21(19)33-18-9-7-17(8-10-18)27-24(28)15-3-5-16(6-4-15)25(29)30/h3-14H,1-2H3,(H,27,28)(H,29,30). The van der Waals surface area contributed by atoms with Crippen LogP contribution in [0.4, 0.5) is 5.69 Å². The summed E-state index contributed by atoms with van der Waals surface area (Å²) in [4.78, 5) is 27.7. The maximum Gasteiger partial charge on any atom is 0.335 e. The van der Waals surface area contributed by atoms with E-state index in [1.807, 2.05) is 0 Å². The predicted molar refractivity (Wildman–Crippen MR) is 123 cm³/mol. The SMILES string of the molecule is COc1cc2nccc(Oc3ccc(NC(=O)c4ccc(C(=O)O)cc4)cc3)c2cc1OC. The summed E-state index contributed by atoms with van der Waals surface area (Å²) in [6, 6.07) is 17.9. The maximum atomic E-state index is 12.4. The number of carbonyl (C=O) groups is 2. The van der Waals surface area contributed by atoms with Gasteiger partial charge in [-0.25, -0.2) is 4.79 Å². The molecule has 1 amide bonds. The lowest BCUT2D eigenvalue weighted by Crippen LogP contribution is -2.12. The minimum Gasteiger partial charge on any atom is -0.493 e. The molecule has 4 aromatic rings. The number of anilines is 1. The summed E-state index contributed by atoms with van der Waals surface area (Å²) in [5, 5.41) is 12.5. The first-order valence-electron chi connectivity index (χ1n) is 9.92. The molecule has 33 heavy (non-hydrogen) atoms. The highest BCUT2D eigenvalue weighted by Gasteiger charge is 2.12. The molecule has 166 valence electrons. The van der Waals surface area contributed by atoms with Crippen LogP contribution in [-0.4, -0.2) is 36.2 Å². The summed E-state index contributed by atoms with van der Waals surface area (Å²) in [5.74, 6) is 0.917. The molecule has 0 fully saturated rings. The number of carboxylic acid groups (broad SMARTS) is 1. The van der Waals surface area contributed by atoms with Gasteiger partial charge in [-0.05, 0) is 60.7 Å². The Bertz CT molecular complexity index is 1320. The lowest BCUT2D eigenvalue weighted by molar-refractivity contribution is 0.0696. The van der Waals surface area contributed by atoms with Gasteiger partial charge in [-0.1, -0.05) is 0 Å². The van der Waals surface area contributed by atoms with E-state index in [1.165, 1.54) is 24.3 Å². The summed E-state index contributed by atoms with van der Waals surface area (Å²) in [7, 11) is 3.13. The highest BCUT2D eigenvalue weighted by Crippen LogP contribution is 2.37. The summed E-state index contributed by atoms with van der Waals surface area (Å²) in [6.07, 6.45) is 1.65. The van der Waals surface area contributed by atoms with E-state index in [9.17, 15) is 9.59 Å². The number of rotatable bonds is 7. The Hall–Kier alpha value is -4.59. The first kappa shape index (κ1) is 21.6. The normalized spacial score (nSPS) is 10.5. The third-order valence-electron chi connectivity index (χ3n) is 4.94. The fraction of sp³-hybridized carbons (Fsp3) is 0.0800. The van der Waals surface area contributed by atoms with Crippen molar-refractivity contribution in [3.05, 3.63) is 84.1 Å². The lowest BCUT2D eigenvalue weighted by atomic mass is 10.1. The van der Waals surface area contributed by atoms with Crippen molar-refractivity contribution in [3.8, 4) is 23.0 Å². The Morgan fingerprint density at radius 3 is 2.09 bits per heavy atom. The molecule has 2 N–H and O–H groups in total. The van der Waals surface area contributed by atoms with Crippen LogP contribution in [-0.2, 0) is 0 Å². The minimum absolute atomic E-state index is 0.118. The molecular formula is C25H20N2O6. The monoisotopic (exact) mass is 444 g/mol. The molecule has 0 aliphatic heterocycles. The van der Waals surface area contributed by atoms with Gasteiger partial charge in [0.25, 0.3) is 5.91 Å². The number of carbonyl (C=O) groups excluding carboxylic acids is 1. The Balaban J connectivity index is 1.50. The molecule has 0 saturated heterocycles. The summed E-state index contributed by atoms with van der Waals surface area (Å²) in [6.45, 7) is 0. The van der Waals surface area contributed by atoms with E-state index in [-0.39, 0.29) is 11.5 Å². The third-order valence-corrected chi connectivity index (χ3v) is 4.94. The second-order valence-electron chi connectivity index (χ2n) is 7.00. The molecule has 0 bridgehead atoms. The first-order valence-corrected chi connectivity index (χ1v) is 9.92. The largest absolute Gasteiger partial charge is 0.493 e. The number of hydrogen-bond acceptors (Lipinski definition) is 6. The van der Waals surface area contributed by atoms with E-state index in [1.54, 1.807) is 62.9 Å². The van der Waals surface area contributed by atoms with Crippen LogP contribution in [0.15, 0.2) is 72.9 Å². The fourth-order valence-electron chi connectivity index (χ4n) is 3.24. The van der Waals surface area contributed by atoms with Crippen LogP contribution in [0.5, 0.6) is 23.0 Å². The van der Waals surface area contributed by atoms with Crippen LogP contribution >= 0.6 is 0 Å². The number of nitrogens with zero attached hydrogens (tertiary/aromatic N) is 1. The molecule has 4 rings (SSSR count). The molecule has 0 aliphatic rings. The number of fused-ring (bicyclic) bond motifs is 1. The van der Waals surface area contributed by atoms with Gasteiger partial charge in [0.05, 0.1) is 25.3 Å². The molecule has 0 aliphatic carbocycles. The van der Waals surface area contributed by atoms with Gasteiger partial charge in [0.15, 0.2) is 11.5 Å². The highest BCUT2D eigenvalue weighted by atomic mass is 16.5. The van der Waals surface area contributed by atoms with Crippen molar-refractivity contribution < 1.29 is 28.9 Å². The van der Waals surface area contributed by atoms with Crippen LogP contribution < -0.4 is 19.5 Å². The van der Waals surface area contributed by atoms with E-state index in [2.05, 4.69) is 10.3 Å². The number of ether oxygens (including phenoxy) is 3. The Kier molecular flexibility index (Phi) is 6.08. The van der Waals surface area contributed by atoms with Crippen molar-refractivity contribution in [1.82, 2.24) is 4.98 Å². The average Bonchev–Trinajstić information content (AvgIpc) is 2.84.